The predicted molar refractivity (Wildman–Crippen MR) is 93.7 cm³/mol. The summed E-state index contributed by atoms with van der Waals surface area (Å²) >= 11 is 3.22. The molecule has 0 unspecified atom stereocenters. The highest BCUT2D eigenvalue weighted by Gasteiger charge is 2.11. The number of benzene rings is 1. The Balaban J connectivity index is 1.77. The molecule has 120 valence electrons. The zero-order chi connectivity index (χ0) is 16.4. The number of hydrogen-bond donors (Lipinski definition) is 0. The second kappa shape index (κ2) is 6.68. The summed E-state index contributed by atoms with van der Waals surface area (Å²) in [4.78, 5) is 16.8. The number of ether oxygens (including phenoxy) is 2. The highest BCUT2D eigenvalue weighted by molar-refractivity contribution is 7.17. The standard InChI is InChI=1S/C17H17NO3S2/c1-4-14-17(23-10(2)18-14)8-20-12-5-6-13-15(21-11(3)19)9-22-16(13)7-12/h5-7,9H,4,8H2,1-3H3. The number of thiazole rings is 1. The Kier molecular flexibility index (Phi) is 4.63. The van der Waals surface area contributed by atoms with E-state index in [0.717, 1.165) is 33.0 Å². The minimum Gasteiger partial charge on any atom is -0.488 e. The third-order valence-corrected chi connectivity index (χ3v) is 5.27. The van der Waals surface area contributed by atoms with Crippen molar-refractivity contribution in [2.24, 2.45) is 0 Å². The van der Waals surface area contributed by atoms with Gasteiger partial charge in [0, 0.05) is 22.4 Å². The van der Waals surface area contributed by atoms with Crippen LogP contribution in [-0.2, 0) is 17.8 Å². The Morgan fingerprint density at radius 1 is 1.35 bits per heavy atom. The third-order valence-electron chi connectivity index (χ3n) is 3.36. The fourth-order valence-electron chi connectivity index (χ4n) is 2.36. The van der Waals surface area contributed by atoms with Crippen molar-refractivity contribution < 1.29 is 14.3 Å². The average molecular weight is 347 g/mol. The maximum atomic E-state index is 11.1. The molecule has 0 amide bonds. The van der Waals surface area contributed by atoms with Crippen molar-refractivity contribution in [3.05, 3.63) is 39.2 Å². The van der Waals surface area contributed by atoms with E-state index in [-0.39, 0.29) is 5.97 Å². The van der Waals surface area contributed by atoms with Crippen molar-refractivity contribution in [3.8, 4) is 11.5 Å². The number of carbonyl (C=O) groups excluding carboxylic acids is 1. The van der Waals surface area contributed by atoms with Crippen molar-refractivity contribution in [2.45, 2.75) is 33.8 Å². The maximum Gasteiger partial charge on any atom is 0.308 e. The molecule has 2 aromatic heterocycles. The van der Waals surface area contributed by atoms with Gasteiger partial charge in [0.05, 0.1) is 15.6 Å². The maximum absolute atomic E-state index is 11.1. The highest BCUT2D eigenvalue weighted by atomic mass is 32.1. The fraction of sp³-hybridized carbons (Fsp3) is 0.294. The molecule has 0 aliphatic rings. The summed E-state index contributed by atoms with van der Waals surface area (Å²) < 4.78 is 12.1. The average Bonchev–Trinajstić information content (AvgIpc) is 3.07. The van der Waals surface area contributed by atoms with E-state index in [9.17, 15) is 4.79 Å². The van der Waals surface area contributed by atoms with Crippen LogP contribution in [0.1, 0.15) is 29.4 Å². The number of nitrogens with zero attached hydrogens (tertiary/aromatic N) is 1. The van der Waals surface area contributed by atoms with Gasteiger partial charge in [0.15, 0.2) is 0 Å². The number of esters is 1. The second-order valence-corrected chi connectivity index (χ2v) is 7.30. The summed E-state index contributed by atoms with van der Waals surface area (Å²) in [5.74, 6) is 1.11. The van der Waals surface area contributed by atoms with Crippen LogP contribution in [0.3, 0.4) is 0 Å². The zero-order valence-electron chi connectivity index (χ0n) is 13.2. The van der Waals surface area contributed by atoms with Gasteiger partial charge in [0.2, 0.25) is 0 Å². The molecule has 2 heterocycles. The smallest absolute Gasteiger partial charge is 0.308 e. The normalized spacial score (nSPS) is 10.9. The van der Waals surface area contributed by atoms with Crippen LogP contribution in [0.4, 0.5) is 0 Å². The summed E-state index contributed by atoms with van der Waals surface area (Å²) in [5.41, 5.74) is 1.11. The lowest BCUT2D eigenvalue weighted by atomic mass is 10.2. The van der Waals surface area contributed by atoms with E-state index in [1.165, 1.54) is 23.1 Å². The number of thiophene rings is 1. The molecule has 0 radical (unpaired) electrons. The topological polar surface area (TPSA) is 48.4 Å². The fourth-order valence-corrected chi connectivity index (χ4v) is 4.19. The van der Waals surface area contributed by atoms with Gasteiger partial charge >= 0.3 is 5.97 Å². The van der Waals surface area contributed by atoms with Gasteiger partial charge in [-0.3, -0.25) is 4.79 Å². The van der Waals surface area contributed by atoms with E-state index in [2.05, 4.69) is 11.9 Å². The first-order chi connectivity index (χ1) is 11.1. The van der Waals surface area contributed by atoms with Crippen LogP contribution in [-0.4, -0.2) is 11.0 Å². The Morgan fingerprint density at radius 2 is 2.17 bits per heavy atom. The molecule has 0 saturated carbocycles. The van der Waals surface area contributed by atoms with E-state index < -0.39 is 0 Å². The van der Waals surface area contributed by atoms with Crippen LogP contribution in [0.5, 0.6) is 11.5 Å². The first-order valence-electron chi connectivity index (χ1n) is 7.34. The Morgan fingerprint density at radius 3 is 2.91 bits per heavy atom. The van der Waals surface area contributed by atoms with Gasteiger partial charge < -0.3 is 9.47 Å². The monoisotopic (exact) mass is 347 g/mol. The summed E-state index contributed by atoms with van der Waals surface area (Å²) in [6.07, 6.45) is 0.915. The van der Waals surface area contributed by atoms with Crippen molar-refractivity contribution in [2.75, 3.05) is 0 Å². The quantitative estimate of drug-likeness (QED) is 0.626. The van der Waals surface area contributed by atoms with Crippen LogP contribution in [0, 0.1) is 6.92 Å². The highest BCUT2D eigenvalue weighted by Crippen LogP contribution is 2.35. The molecule has 0 bridgehead atoms. The summed E-state index contributed by atoms with van der Waals surface area (Å²) in [6, 6.07) is 5.81. The number of carbonyl (C=O) groups is 1. The van der Waals surface area contributed by atoms with Crippen molar-refractivity contribution in [3.63, 3.8) is 0 Å². The molecule has 23 heavy (non-hydrogen) atoms. The lowest BCUT2D eigenvalue weighted by molar-refractivity contribution is -0.131. The number of aromatic nitrogens is 1. The Bertz CT molecular complexity index is 851. The molecule has 4 nitrogen and oxygen atoms in total. The first-order valence-corrected chi connectivity index (χ1v) is 9.04. The van der Waals surface area contributed by atoms with Gasteiger partial charge in [0.25, 0.3) is 0 Å². The molecule has 1 aromatic carbocycles. The number of fused-ring (bicyclic) bond motifs is 1. The van der Waals surface area contributed by atoms with Gasteiger partial charge in [-0.1, -0.05) is 6.92 Å². The first kappa shape index (κ1) is 16.0. The molecule has 0 atom stereocenters. The van der Waals surface area contributed by atoms with Gasteiger partial charge in [0.1, 0.15) is 18.1 Å². The molecule has 6 heteroatoms. The van der Waals surface area contributed by atoms with Gasteiger partial charge in [-0.15, -0.1) is 22.7 Å². The molecule has 0 aliphatic carbocycles. The minimum absolute atomic E-state index is 0.308. The molecule has 0 saturated heterocycles. The number of aryl methyl sites for hydroxylation is 2. The molecule has 0 aliphatic heterocycles. The van der Waals surface area contributed by atoms with Crippen LogP contribution >= 0.6 is 22.7 Å². The summed E-state index contributed by atoms with van der Waals surface area (Å²) in [6.45, 7) is 6.06. The minimum atomic E-state index is -0.308. The van der Waals surface area contributed by atoms with Gasteiger partial charge in [-0.25, -0.2) is 4.98 Å². The van der Waals surface area contributed by atoms with Gasteiger partial charge in [-0.05, 0) is 31.5 Å². The van der Waals surface area contributed by atoms with Crippen molar-refractivity contribution in [1.82, 2.24) is 4.98 Å². The van der Waals surface area contributed by atoms with E-state index in [0.29, 0.717) is 12.4 Å². The molecule has 3 rings (SSSR count). The molecule has 0 fully saturated rings. The summed E-state index contributed by atoms with van der Waals surface area (Å²) in [7, 11) is 0. The zero-order valence-corrected chi connectivity index (χ0v) is 14.8. The van der Waals surface area contributed by atoms with E-state index in [1.54, 1.807) is 11.3 Å². The van der Waals surface area contributed by atoms with Crippen molar-refractivity contribution >= 4 is 38.7 Å². The third kappa shape index (κ3) is 3.54. The Labute approximate surface area is 142 Å². The van der Waals surface area contributed by atoms with E-state index >= 15 is 0 Å². The van der Waals surface area contributed by atoms with Crippen LogP contribution in [0.2, 0.25) is 0 Å². The Hall–Kier alpha value is -1.92. The van der Waals surface area contributed by atoms with Gasteiger partial charge in [-0.2, -0.15) is 0 Å². The molecule has 0 spiro atoms. The molecule has 3 aromatic rings. The van der Waals surface area contributed by atoms with Crippen molar-refractivity contribution in [1.29, 1.82) is 0 Å². The van der Waals surface area contributed by atoms with Crippen LogP contribution < -0.4 is 9.47 Å². The van der Waals surface area contributed by atoms with Crippen LogP contribution in [0.25, 0.3) is 10.1 Å². The van der Waals surface area contributed by atoms with E-state index in [4.69, 9.17) is 9.47 Å². The largest absolute Gasteiger partial charge is 0.488 e. The molecular formula is C17H17NO3S2. The van der Waals surface area contributed by atoms with E-state index in [1.807, 2.05) is 30.5 Å². The lowest BCUT2D eigenvalue weighted by Crippen LogP contribution is -2.00. The second-order valence-electron chi connectivity index (χ2n) is 5.10. The summed E-state index contributed by atoms with van der Waals surface area (Å²) in [5, 5.41) is 3.85. The number of hydrogen-bond acceptors (Lipinski definition) is 6. The number of rotatable bonds is 5. The predicted octanol–water partition coefficient (Wildman–Crippen LogP) is 4.73. The molecular weight excluding hydrogens is 330 g/mol. The lowest BCUT2D eigenvalue weighted by Gasteiger charge is -2.06. The SMILES string of the molecule is CCc1nc(C)sc1COc1ccc2c(OC(C)=O)csc2c1. The molecule has 0 N–H and O–H groups in total. The van der Waals surface area contributed by atoms with Crippen LogP contribution in [0.15, 0.2) is 23.6 Å².